The van der Waals surface area contributed by atoms with Gasteiger partial charge in [-0.25, -0.2) is 4.79 Å². The van der Waals surface area contributed by atoms with E-state index in [0.29, 0.717) is 24.3 Å². The molecule has 0 atom stereocenters. The van der Waals surface area contributed by atoms with Gasteiger partial charge < -0.3 is 19.0 Å². The van der Waals surface area contributed by atoms with E-state index in [-0.39, 0.29) is 18.1 Å². The number of para-hydroxylation sites is 1. The van der Waals surface area contributed by atoms with Crippen molar-refractivity contribution < 1.29 is 19.1 Å². The molecule has 150 valence electrons. The maximum absolute atomic E-state index is 12.8. The third kappa shape index (κ3) is 3.63. The quantitative estimate of drug-likeness (QED) is 0.372. The Hall–Kier alpha value is -4.05. The molecule has 0 aliphatic heterocycles. The number of ketones is 1. The van der Waals surface area contributed by atoms with Crippen LogP contribution in [0, 0.1) is 11.3 Å². The van der Waals surface area contributed by atoms with Gasteiger partial charge in [-0.15, -0.1) is 0 Å². The number of aryl methyl sites for hydroxylation is 1. The lowest BCUT2D eigenvalue weighted by atomic mass is 10.1. The van der Waals surface area contributed by atoms with Gasteiger partial charge in [0.1, 0.15) is 11.4 Å². The van der Waals surface area contributed by atoms with Gasteiger partial charge in [-0.1, -0.05) is 18.2 Å². The van der Waals surface area contributed by atoms with E-state index in [1.807, 2.05) is 34.9 Å². The molecule has 0 unspecified atom stereocenters. The number of fused-ring (bicyclic) bond motifs is 2. The number of aromatic amines is 1. The number of carbonyl (C=O) groups is 2. The van der Waals surface area contributed by atoms with Crippen molar-refractivity contribution in [3.8, 4) is 11.8 Å². The number of nitrogens with one attached hydrogen (secondary N) is 1. The van der Waals surface area contributed by atoms with Crippen LogP contribution in [0.25, 0.3) is 21.8 Å². The standard InChI is InChI=1S/C23H19N3O4/c1-29-16-8-7-15-11-20(25-19(15)12-16)23(28)30-14-22(27)18-13-26(10-4-9-24)21-6-3-2-5-17(18)21/h2-3,5-8,11-13,25H,4,10,14H2,1H3. The zero-order valence-electron chi connectivity index (χ0n) is 16.3. The highest BCUT2D eigenvalue weighted by Gasteiger charge is 2.18. The zero-order valence-corrected chi connectivity index (χ0v) is 16.3. The predicted octanol–water partition coefficient (Wildman–Crippen LogP) is 4.08. The van der Waals surface area contributed by atoms with Crippen LogP contribution >= 0.6 is 0 Å². The highest BCUT2D eigenvalue weighted by molar-refractivity contribution is 6.09. The van der Waals surface area contributed by atoms with Crippen molar-refractivity contribution in [3.05, 3.63) is 66.0 Å². The molecule has 0 spiro atoms. The first-order valence-corrected chi connectivity index (χ1v) is 9.42. The van der Waals surface area contributed by atoms with Crippen molar-refractivity contribution >= 4 is 33.6 Å². The maximum Gasteiger partial charge on any atom is 0.355 e. The van der Waals surface area contributed by atoms with Crippen molar-refractivity contribution in [1.82, 2.24) is 9.55 Å². The normalized spacial score (nSPS) is 10.8. The highest BCUT2D eigenvalue weighted by atomic mass is 16.5. The van der Waals surface area contributed by atoms with Crippen LogP contribution in [0.4, 0.5) is 0 Å². The van der Waals surface area contributed by atoms with Crippen LogP contribution < -0.4 is 4.74 Å². The van der Waals surface area contributed by atoms with E-state index in [2.05, 4.69) is 11.1 Å². The third-order valence-corrected chi connectivity index (χ3v) is 4.94. The fourth-order valence-electron chi connectivity index (χ4n) is 3.45. The molecule has 0 aliphatic carbocycles. The summed E-state index contributed by atoms with van der Waals surface area (Å²) >= 11 is 0. The summed E-state index contributed by atoms with van der Waals surface area (Å²) in [6, 6.07) is 16.7. The molecule has 0 amide bonds. The Morgan fingerprint density at radius 2 is 2.00 bits per heavy atom. The van der Waals surface area contributed by atoms with Gasteiger partial charge >= 0.3 is 5.97 Å². The smallest absolute Gasteiger partial charge is 0.355 e. The zero-order chi connectivity index (χ0) is 21.1. The maximum atomic E-state index is 12.8. The molecule has 2 heterocycles. The molecule has 30 heavy (non-hydrogen) atoms. The Labute approximate surface area is 172 Å². The second-order valence-corrected chi connectivity index (χ2v) is 6.80. The molecule has 0 bridgehead atoms. The van der Waals surface area contributed by atoms with E-state index < -0.39 is 5.97 Å². The predicted molar refractivity (Wildman–Crippen MR) is 112 cm³/mol. The number of aromatic nitrogens is 2. The van der Waals surface area contributed by atoms with E-state index in [1.54, 1.807) is 31.5 Å². The van der Waals surface area contributed by atoms with Gasteiger partial charge in [0.15, 0.2) is 6.61 Å². The SMILES string of the molecule is COc1ccc2cc(C(=O)OCC(=O)c3cn(CCC#N)c4ccccc34)[nH]c2c1. The van der Waals surface area contributed by atoms with Crippen LogP contribution in [-0.2, 0) is 11.3 Å². The summed E-state index contributed by atoms with van der Waals surface area (Å²) in [6.45, 7) is 0.117. The lowest BCUT2D eigenvalue weighted by Gasteiger charge is -2.02. The molecule has 0 saturated heterocycles. The van der Waals surface area contributed by atoms with Crippen molar-refractivity contribution in [3.63, 3.8) is 0 Å². The van der Waals surface area contributed by atoms with Crippen LogP contribution in [0.2, 0.25) is 0 Å². The number of carbonyl (C=O) groups excluding carboxylic acids is 2. The van der Waals surface area contributed by atoms with Crippen molar-refractivity contribution in [1.29, 1.82) is 5.26 Å². The minimum absolute atomic E-state index is 0.266. The summed E-state index contributed by atoms with van der Waals surface area (Å²) in [5.41, 5.74) is 2.35. The number of hydrogen-bond acceptors (Lipinski definition) is 5. The molecule has 0 aliphatic rings. The number of nitrogens with zero attached hydrogens (tertiary/aromatic N) is 2. The van der Waals surface area contributed by atoms with Crippen molar-refractivity contribution in [2.45, 2.75) is 13.0 Å². The molecular formula is C23H19N3O4. The Morgan fingerprint density at radius 3 is 2.80 bits per heavy atom. The van der Waals surface area contributed by atoms with Gasteiger partial charge in [-0.05, 0) is 24.3 Å². The number of rotatable bonds is 7. The molecule has 4 rings (SSSR count). The summed E-state index contributed by atoms with van der Waals surface area (Å²) in [4.78, 5) is 28.2. The molecule has 0 fully saturated rings. The third-order valence-electron chi connectivity index (χ3n) is 4.94. The Balaban J connectivity index is 1.51. The van der Waals surface area contributed by atoms with Gasteiger partial charge in [0.05, 0.1) is 19.6 Å². The summed E-state index contributed by atoms with van der Waals surface area (Å²) in [7, 11) is 1.57. The number of hydrogen-bond donors (Lipinski definition) is 1. The van der Waals surface area contributed by atoms with E-state index in [1.165, 1.54) is 0 Å². The minimum atomic E-state index is -0.605. The summed E-state index contributed by atoms with van der Waals surface area (Å²) in [5.74, 6) is -0.230. The fourth-order valence-corrected chi connectivity index (χ4v) is 3.45. The van der Waals surface area contributed by atoms with Crippen LogP contribution in [0.5, 0.6) is 5.75 Å². The number of H-pyrrole nitrogens is 1. The number of ether oxygens (including phenoxy) is 2. The molecule has 0 radical (unpaired) electrons. The lowest BCUT2D eigenvalue weighted by Crippen LogP contribution is -2.14. The molecule has 1 N–H and O–H groups in total. The van der Waals surface area contributed by atoms with Crippen LogP contribution in [-0.4, -0.2) is 35.0 Å². The minimum Gasteiger partial charge on any atom is -0.497 e. The Bertz CT molecular complexity index is 1290. The molecule has 7 heteroatoms. The Morgan fingerprint density at radius 1 is 1.17 bits per heavy atom. The monoisotopic (exact) mass is 401 g/mol. The van der Waals surface area contributed by atoms with Crippen LogP contribution in [0.1, 0.15) is 27.3 Å². The van der Waals surface area contributed by atoms with Gasteiger partial charge in [0.2, 0.25) is 5.78 Å². The molecule has 7 nitrogen and oxygen atoms in total. The van der Waals surface area contributed by atoms with Crippen molar-refractivity contribution in [2.24, 2.45) is 0 Å². The van der Waals surface area contributed by atoms with E-state index in [9.17, 15) is 9.59 Å². The number of nitriles is 1. The molecule has 0 saturated carbocycles. The summed E-state index contributed by atoms with van der Waals surface area (Å²) in [6.07, 6.45) is 2.06. The highest BCUT2D eigenvalue weighted by Crippen LogP contribution is 2.23. The summed E-state index contributed by atoms with van der Waals surface area (Å²) in [5, 5.41) is 10.5. The first-order chi connectivity index (χ1) is 14.6. The number of benzene rings is 2. The lowest BCUT2D eigenvalue weighted by molar-refractivity contribution is 0.0470. The van der Waals surface area contributed by atoms with E-state index in [4.69, 9.17) is 14.7 Å². The van der Waals surface area contributed by atoms with Gasteiger partial charge in [-0.3, -0.25) is 4.79 Å². The largest absolute Gasteiger partial charge is 0.497 e. The van der Waals surface area contributed by atoms with E-state index in [0.717, 1.165) is 21.8 Å². The van der Waals surface area contributed by atoms with Gasteiger partial charge in [-0.2, -0.15) is 5.26 Å². The first kappa shape index (κ1) is 19.3. The van der Waals surface area contributed by atoms with Crippen LogP contribution in [0.15, 0.2) is 54.7 Å². The molecular weight excluding hydrogens is 382 g/mol. The second kappa shape index (κ2) is 8.13. The van der Waals surface area contributed by atoms with Gasteiger partial charge in [0.25, 0.3) is 0 Å². The van der Waals surface area contributed by atoms with Gasteiger partial charge in [0, 0.05) is 46.2 Å². The molecule has 2 aromatic heterocycles. The number of esters is 1. The number of Topliss-reactive ketones (excluding diaryl/α,β-unsaturated/α-hetero) is 1. The van der Waals surface area contributed by atoms with Crippen LogP contribution in [0.3, 0.4) is 0 Å². The second-order valence-electron chi connectivity index (χ2n) is 6.80. The molecule has 2 aromatic carbocycles. The average molecular weight is 401 g/mol. The van der Waals surface area contributed by atoms with E-state index >= 15 is 0 Å². The summed E-state index contributed by atoms with van der Waals surface area (Å²) < 4.78 is 12.3. The topological polar surface area (TPSA) is 97.1 Å². The first-order valence-electron chi connectivity index (χ1n) is 9.42. The fraction of sp³-hybridized carbons (Fsp3) is 0.174. The average Bonchev–Trinajstić information content (AvgIpc) is 3.37. The van der Waals surface area contributed by atoms with Crippen molar-refractivity contribution in [2.75, 3.05) is 13.7 Å². The Kier molecular flexibility index (Phi) is 5.22. The molecule has 4 aromatic rings. The number of methoxy groups -OCH3 is 1.